The van der Waals surface area contributed by atoms with Crippen LogP contribution < -0.4 is 15.8 Å². The lowest BCUT2D eigenvalue weighted by Gasteiger charge is -2.24. The average Bonchev–Trinajstić information content (AvgIpc) is 3.64. The van der Waals surface area contributed by atoms with Gasteiger partial charge in [0.1, 0.15) is 35.9 Å². The minimum Gasteiger partial charge on any atom is -0.486 e. The van der Waals surface area contributed by atoms with Gasteiger partial charge in [-0.1, -0.05) is 13.0 Å². The molecule has 218 valence electrons. The van der Waals surface area contributed by atoms with Gasteiger partial charge in [0, 0.05) is 18.3 Å². The molecule has 2 aromatic carbocycles. The molecule has 1 saturated carbocycles. The lowest BCUT2D eigenvalue weighted by atomic mass is 9.96. The van der Waals surface area contributed by atoms with Gasteiger partial charge in [0.2, 0.25) is 0 Å². The van der Waals surface area contributed by atoms with Gasteiger partial charge < -0.3 is 25.4 Å². The molecule has 0 unspecified atom stereocenters. The van der Waals surface area contributed by atoms with Crippen LogP contribution >= 0.6 is 0 Å². The Labute approximate surface area is 238 Å². The van der Waals surface area contributed by atoms with E-state index >= 15 is 0 Å². The average molecular weight is 568 g/mol. The largest absolute Gasteiger partial charge is 0.486 e. The maximum absolute atomic E-state index is 14.9. The molecule has 41 heavy (non-hydrogen) atoms. The van der Waals surface area contributed by atoms with Crippen LogP contribution in [0, 0.1) is 18.6 Å². The van der Waals surface area contributed by atoms with E-state index in [4.69, 9.17) is 15.2 Å². The second-order valence-corrected chi connectivity index (χ2v) is 11.5. The Bertz CT molecular complexity index is 1480. The van der Waals surface area contributed by atoms with Crippen molar-refractivity contribution in [2.45, 2.75) is 58.5 Å². The zero-order chi connectivity index (χ0) is 30.1. The second kappa shape index (κ2) is 11.3. The third kappa shape index (κ3) is 6.90. The summed E-state index contributed by atoms with van der Waals surface area (Å²) in [6.07, 6.45) is 2.64. The summed E-state index contributed by atoms with van der Waals surface area (Å²) < 4.78 is 40.9. The van der Waals surface area contributed by atoms with Crippen LogP contribution in [0.4, 0.5) is 25.1 Å². The highest BCUT2D eigenvalue weighted by atomic mass is 19.1. The summed E-state index contributed by atoms with van der Waals surface area (Å²) in [7, 11) is 1.57. The molecule has 0 bridgehead atoms. The molecule has 1 aliphatic carbocycles. The number of ether oxygens (including phenoxy) is 2. The number of hydrogen-bond donors (Lipinski definition) is 2. The highest BCUT2D eigenvalue weighted by Crippen LogP contribution is 2.47. The molecule has 1 heterocycles. The predicted molar refractivity (Wildman–Crippen MR) is 152 cm³/mol. The Morgan fingerprint density at radius 1 is 1.15 bits per heavy atom. The van der Waals surface area contributed by atoms with Crippen LogP contribution in [0.2, 0.25) is 0 Å². The zero-order valence-electron chi connectivity index (χ0n) is 24.1. The third-order valence-electron chi connectivity index (χ3n) is 7.00. The van der Waals surface area contributed by atoms with E-state index in [9.17, 15) is 18.4 Å². The Morgan fingerprint density at radius 2 is 1.85 bits per heavy atom. The number of benzene rings is 2. The molecule has 0 aliphatic heterocycles. The Hall–Kier alpha value is -4.28. The summed E-state index contributed by atoms with van der Waals surface area (Å²) in [4.78, 5) is 34.8. The molecular weight excluding hydrogens is 532 g/mol. The van der Waals surface area contributed by atoms with Crippen LogP contribution in [0.25, 0.3) is 11.3 Å². The highest BCUT2D eigenvalue weighted by Gasteiger charge is 2.39. The Kier molecular flexibility index (Phi) is 8.19. The number of aromatic nitrogens is 2. The summed E-state index contributed by atoms with van der Waals surface area (Å²) in [5.74, 6) is -1.91. The predicted octanol–water partition coefficient (Wildman–Crippen LogP) is 5.86. The van der Waals surface area contributed by atoms with E-state index in [0.717, 1.165) is 24.5 Å². The standard InChI is InChI=1S/C30H35F2N5O4/c1-17-21(24-25(26(33)35-16-34-24)40-12-11-37(6)28(39)41-29(2,3)4)14-19(31)15-23(17)36-27(38)20-8-7-18(13-22(20)32)30(5)9-10-30/h7-8,13-16H,9-12H2,1-6H3,(H,36,38)(H2,33,34,35). The van der Waals surface area contributed by atoms with Crippen molar-refractivity contribution in [3.05, 3.63) is 65.0 Å². The first-order valence-corrected chi connectivity index (χ1v) is 13.3. The third-order valence-corrected chi connectivity index (χ3v) is 7.00. The van der Waals surface area contributed by atoms with Crippen molar-refractivity contribution >= 4 is 23.5 Å². The molecule has 0 atom stereocenters. The number of halogens is 2. The molecule has 0 saturated heterocycles. The van der Waals surface area contributed by atoms with Gasteiger partial charge in [-0.3, -0.25) is 4.79 Å². The number of rotatable bonds is 8. The topological polar surface area (TPSA) is 120 Å². The number of nitrogens with zero attached hydrogens (tertiary/aromatic N) is 3. The normalized spacial score (nSPS) is 13.9. The molecule has 4 rings (SSSR count). The lowest BCUT2D eigenvalue weighted by molar-refractivity contribution is 0.0278. The number of amides is 2. The fourth-order valence-corrected chi connectivity index (χ4v) is 4.23. The zero-order valence-corrected chi connectivity index (χ0v) is 24.1. The molecule has 0 radical (unpaired) electrons. The summed E-state index contributed by atoms with van der Waals surface area (Å²) >= 11 is 0. The number of anilines is 2. The van der Waals surface area contributed by atoms with Crippen molar-refractivity contribution in [1.29, 1.82) is 0 Å². The van der Waals surface area contributed by atoms with Crippen molar-refractivity contribution in [2.24, 2.45) is 0 Å². The van der Waals surface area contributed by atoms with E-state index in [-0.39, 0.29) is 47.1 Å². The first kappa shape index (κ1) is 29.7. The molecule has 3 N–H and O–H groups in total. The summed E-state index contributed by atoms with van der Waals surface area (Å²) in [6, 6.07) is 6.97. The monoisotopic (exact) mass is 567 g/mol. The number of nitrogens with two attached hydrogens (primary N) is 1. The van der Waals surface area contributed by atoms with Gasteiger partial charge in [-0.25, -0.2) is 23.5 Å². The first-order chi connectivity index (χ1) is 19.2. The molecular formula is C30H35F2N5O4. The van der Waals surface area contributed by atoms with Crippen LogP contribution in [0.5, 0.6) is 5.75 Å². The Balaban J connectivity index is 1.55. The summed E-state index contributed by atoms with van der Waals surface area (Å²) in [6.45, 7) is 9.20. The number of hydrogen-bond acceptors (Lipinski definition) is 7. The van der Waals surface area contributed by atoms with Crippen LogP contribution in [0.1, 0.15) is 62.0 Å². The summed E-state index contributed by atoms with van der Waals surface area (Å²) in [5.41, 5.74) is 7.16. The number of nitrogens with one attached hydrogen (secondary N) is 1. The van der Waals surface area contributed by atoms with Gasteiger partial charge in [0.05, 0.1) is 12.1 Å². The number of carbonyl (C=O) groups excluding carboxylic acids is 2. The van der Waals surface area contributed by atoms with E-state index in [0.29, 0.717) is 11.1 Å². The molecule has 11 heteroatoms. The molecule has 2 amide bonds. The maximum atomic E-state index is 14.9. The van der Waals surface area contributed by atoms with E-state index in [1.165, 1.54) is 29.4 Å². The first-order valence-electron chi connectivity index (χ1n) is 13.3. The van der Waals surface area contributed by atoms with E-state index < -0.39 is 29.2 Å². The van der Waals surface area contributed by atoms with Gasteiger partial charge in [-0.2, -0.15) is 0 Å². The number of likely N-dealkylation sites (N-methyl/N-ethyl adjacent to an activating group) is 1. The van der Waals surface area contributed by atoms with Crippen LogP contribution in [0.15, 0.2) is 36.7 Å². The van der Waals surface area contributed by atoms with Crippen LogP contribution in [-0.4, -0.2) is 52.7 Å². The van der Waals surface area contributed by atoms with Crippen molar-refractivity contribution < 1.29 is 27.8 Å². The SMILES string of the molecule is Cc1c(NC(=O)c2ccc(C3(C)CC3)cc2F)cc(F)cc1-c1ncnc(N)c1OCCN(C)C(=O)OC(C)(C)C. The van der Waals surface area contributed by atoms with E-state index in [1.807, 2.05) is 0 Å². The maximum Gasteiger partial charge on any atom is 0.410 e. The molecule has 1 aliphatic rings. The van der Waals surface area contributed by atoms with Gasteiger partial charge >= 0.3 is 6.09 Å². The highest BCUT2D eigenvalue weighted by molar-refractivity contribution is 6.05. The Morgan fingerprint density at radius 3 is 2.49 bits per heavy atom. The van der Waals surface area contributed by atoms with Crippen LogP contribution in [0.3, 0.4) is 0 Å². The van der Waals surface area contributed by atoms with Crippen molar-refractivity contribution in [3.63, 3.8) is 0 Å². The van der Waals surface area contributed by atoms with Crippen LogP contribution in [-0.2, 0) is 10.2 Å². The van der Waals surface area contributed by atoms with Crippen molar-refractivity contribution in [1.82, 2.24) is 14.9 Å². The van der Waals surface area contributed by atoms with E-state index in [2.05, 4.69) is 22.2 Å². The lowest BCUT2D eigenvalue weighted by Crippen LogP contribution is -2.36. The van der Waals surface area contributed by atoms with Gasteiger partial charge in [0.25, 0.3) is 5.91 Å². The molecule has 1 fully saturated rings. The quantitative estimate of drug-likeness (QED) is 0.350. The fourth-order valence-electron chi connectivity index (χ4n) is 4.23. The van der Waals surface area contributed by atoms with Gasteiger partial charge in [-0.15, -0.1) is 0 Å². The molecule has 9 nitrogen and oxygen atoms in total. The number of nitrogen functional groups attached to an aromatic ring is 1. The molecule has 1 aromatic heterocycles. The van der Waals surface area contributed by atoms with Gasteiger partial charge in [0.15, 0.2) is 11.6 Å². The molecule has 3 aromatic rings. The fraction of sp³-hybridized carbons (Fsp3) is 0.400. The minimum atomic E-state index is -0.710. The smallest absolute Gasteiger partial charge is 0.410 e. The van der Waals surface area contributed by atoms with Crippen molar-refractivity contribution in [2.75, 3.05) is 31.2 Å². The summed E-state index contributed by atoms with van der Waals surface area (Å²) in [5, 5.41) is 2.62. The minimum absolute atomic E-state index is 0.00990. The van der Waals surface area contributed by atoms with Gasteiger partial charge in [-0.05, 0) is 81.3 Å². The van der Waals surface area contributed by atoms with Crippen molar-refractivity contribution in [3.8, 4) is 17.0 Å². The molecule has 0 spiro atoms. The van der Waals surface area contributed by atoms with E-state index in [1.54, 1.807) is 40.8 Å². The second-order valence-electron chi connectivity index (χ2n) is 11.5. The number of carbonyl (C=O) groups is 2.